The summed E-state index contributed by atoms with van der Waals surface area (Å²) in [5, 5.41) is 30.2. The van der Waals surface area contributed by atoms with Gasteiger partial charge >= 0.3 is 0 Å². The van der Waals surface area contributed by atoms with Crippen molar-refractivity contribution in [3.8, 4) is 34.1 Å². The highest BCUT2D eigenvalue weighted by Gasteiger charge is 2.48. The second-order valence-electron chi connectivity index (χ2n) is 9.19. The number of benzene rings is 1. The first-order chi connectivity index (χ1) is 17.7. The summed E-state index contributed by atoms with van der Waals surface area (Å²) >= 11 is 0. The minimum absolute atomic E-state index is 0.0834. The SMILES string of the molecule is [2H]C([2H])([2H])Oc1cc(-c2ccc(-c3ncc(N(C4CC4)[C@H]4C[C@@H]5CC[C@H](N5)[C@H]4F)nn3)c(O)c2)cnn1. The maximum Gasteiger partial charge on any atom is 0.233 e. The normalized spacial score (nSPS) is 27.5. The van der Waals surface area contributed by atoms with Crippen molar-refractivity contribution in [1.29, 1.82) is 0 Å². The molecule has 2 aromatic heterocycles. The first-order valence-electron chi connectivity index (χ1n) is 13.0. The number of piperidine rings is 1. The van der Waals surface area contributed by atoms with Crippen LogP contribution in [0.1, 0.15) is 36.2 Å². The van der Waals surface area contributed by atoms with Crippen LogP contribution >= 0.6 is 0 Å². The van der Waals surface area contributed by atoms with Gasteiger partial charge in [0.15, 0.2) is 11.6 Å². The van der Waals surface area contributed by atoms with Crippen LogP contribution in [0.15, 0.2) is 36.7 Å². The fourth-order valence-corrected chi connectivity index (χ4v) is 5.19. The molecule has 3 aromatic rings. The standard InChI is InChI=1S/C24H26FN7O2/c1-34-22-9-14(11-27-30-22)13-2-6-17(20(33)8-13)24-26-12-21(29-31-24)32(16-4-5-16)19-10-15-3-7-18(28-15)23(19)25/h2,6,8-9,11-12,15-16,18-19,23,28,33H,3-5,7,10H2,1H3/t15-,18-,19-,23+/m0/s1/i1D3. The highest BCUT2D eigenvalue weighted by molar-refractivity contribution is 5.72. The number of phenols is 1. The quantitative estimate of drug-likeness (QED) is 0.567. The average Bonchev–Trinajstić information content (AvgIpc) is 3.61. The molecule has 3 aliphatic rings. The van der Waals surface area contributed by atoms with Crippen molar-refractivity contribution in [2.24, 2.45) is 0 Å². The van der Waals surface area contributed by atoms with Crippen LogP contribution in [0, 0.1) is 0 Å². The predicted octanol–water partition coefficient (Wildman–Crippen LogP) is 2.91. The molecule has 176 valence electrons. The fraction of sp³-hybridized carbons (Fsp3) is 0.458. The van der Waals surface area contributed by atoms with Crippen LogP contribution in [0.2, 0.25) is 0 Å². The Bertz CT molecular complexity index is 1290. The molecule has 2 saturated heterocycles. The molecule has 6 rings (SSSR count). The summed E-state index contributed by atoms with van der Waals surface area (Å²) in [6, 6.07) is 6.54. The van der Waals surface area contributed by atoms with Crippen LogP contribution < -0.4 is 15.0 Å². The predicted molar refractivity (Wildman–Crippen MR) is 123 cm³/mol. The van der Waals surface area contributed by atoms with Crippen molar-refractivity contribution < 1.29 is 18.3 Å². The molecule has 0 unspecified atom stereocenters. The maximum absolute atomic E-state index is 15.3. The second kappa shape index (κ2) is 8.43. The Labute approximate surface area is 200 Å². The zero-order chi connectivity index (χ0) is 25.7. The number of fused-ring (bicyclic) bond motifs is 2. The van der Waals surface area contributed by atoms with E-state index in [0.29, 0.717) is 28.6 Å². The van der Waals surface area contributed by atoms with Crippen molar-refractivity contribution in [3.63, 3.8) is 0 Å². The number of aromatic hydroxyl groups is 1. The number of nitrogens with one attached hydrogen (secondary N) is 1. The minimum Gasteiger partial charge on any atom is -0.507 e. The van der Waals surface area contributed by atoms with E-state index < -0.39 is 13.2 Å². The van der Waals surface area contributed by atoms with E-state index in [-0.39, 0.29) is 35.6 Å². The molecule has 2 aliphatic heterocycles. The maximum atomic E-state index is 15.3. The molecule has 4 heterocycles. The van der Waals surface area contributed by atoms with E-state index in [9.17, 15) is 5.11 Å². The zero-order valence-electron chi connectivity index (χ0n) is 21.3. The van der Waals surface area contributed by atoms with Gasteiger partial charge in [-0.2, -0.15) is 5.10 Å². The lowest BCUT2D eigenvalue weighted by Crippen LogP contribution is -2.57. The summed E-state index contributed by atoms with van der Waals surface area (Å²) in [5.74, 6) is 0.563. The molecule has 2 bridgehead atoms. The highest BCUT2D eigenvalue weighted by atomic mass is 19.1. The first kappa shape index (κ1) is 18.0. The molecule has 2 N–H and O–H groups in total. The lowest BCUT2D eigenvalue weighted by atomic mass is 9.96. The number of nitrogens with zero attached hydrogens (tertiary/aromatic N) is 6. The zero-order valence-corrected chi connectivity index (χ0v) is 18.3. The Morgan fingerprint density at radius 2 is 2.03 bits per heavy atom. The Morgan fingerprint density at radius 3 is 2.79 bits per heavy atom. The topological polar surface area (TPSA) is 109 Å². The summed E-state index contributed by atoms with van der Waals surface area (Å²) in [6.07, 6.45) is 6.68. The number of ether oxygens (including phenoxy) is 1. The smallest absolute Gasteiger partial charge is 0.233 e. The number of alkyl halides is 1. The Kier molecular flexibility index (Phi) is 4.46. The van der Waals surface area contributed by atoms with E-state index in [4.69, 9.17) is 8.85 Å². The molecule has 0 radical (unpaired) electrons. The van der Waals surface area contributed by atoms with Gasteiger partial charge in [-0.1, -0.05) is 6.07 Å². The molecule has 10 heteroatoms. The van der Waals surface area contributed by atoms with Gasteiger partial charge < -0.3 is 20.1 Å². The highest BCUT2D eigenvalue weighted by Crippen LogP contribution is 2.40. The van der Waals surface area contributed by atoms with Gasteiger partial charge in [0.2, 0.25) is 5.88 Å². The third-order valence-electron chi connectivity index (χ3n) is 6.97. The third-order valence-corrected chi connectivity index (χ3v) is 6.97. The van der Waals surface area contributed by atoms with Gasteiger partial charge in [0.1, 0.15) is 11.9 Å². The van der Waals surface area contributed by atoms with Gasteiger partial charge in [-0.15, -0.1) is 15.3 Å². The Balaban J connectivity index is 1.23. The lowest BCUT2D eigenvalue weighted by molar-refractivity contribution is 0.171. The lowest BCUT2D eigenvalue weighted by Gasteiger charge is -2.40. The number of anilines is 1. The van der Waals surface area contributed by atoms with E-state index in [1.54, 1.807) is 18.3 Å². The fourth-order valence-electron chi connectivity index (χ4n) is 5.19. The molecule has 4 atom stereocenters. The number of hydrogen-bond donors (Lipinski definition) is 2. The molecule has 1 aliphatic carbocycles. The monoisotopic (exact) mass is 466 g/mol. The van der Waals surface area contributed by atoms with E-state index in [1.807, 2.05) is 0 Å². The van der Waals surface area contributed by atoms with Crippen LogP contribution in [0.25, 0.3) is 22.5 Å². The van der Waals surface area contributed by atoms with E-state index in [2.05, 4.69) is 35.6 Å². The number of rotatable bonds is 6. The number of aromatic nitrogens is 5. The van der Waals surface area contributed by atoms with Crippen LogP contribution in [-0.4, -0.2) is 67.9 Å². The molecule has 9 nitrogen and oxygen atoms in total. The average molecular weight is 467 g/mol. The van der Waals surface area contributed by atoms with E-state index in [0.717, 1.165) is 32.1 Å². The van der Waals surface area contributed by atoms with Crippen LogP contribution in [0.3, 0.4) is 0 Å². The van der Waals surface area contributed by atoms with Crippen molar-refractivity contribution >= 4 is 5.82 Å². The number of phenolic OH excluding ortho intramolecular Hbond substituents is 1. The minimum atomic E-state index is -2.65. The van der Waals surface area contributed by atoms with Gasteiger partial charge in [0, 0.05) is 29.8 Å². The summed E-state index contributed by atoms with van der Waals surface area (Å²) in [5.41, 5.74) is 1.47. The molecule has 1 saturated carbocycles. The van der Waals surface area contributed by atoms with Crippen molar-refractivity contribution in [1.82, 2.24) is 30.7 Å². The van der Waals surface area contributed by atoms with Crippen molar-refractivity contribution in [2.45, 2.75) is 62.4 Å². The van der Waals surface area contributed by atoms with E-state index >= 15 is 4.39 Å². The third kappa shape index (κ3) is 3.81. The van der Waals surface area contributed by atoms with E-state index in [1.165, 1.54) is 18.3 Å². The molecule has 3 fully saturated rings. The number of methoxy groups -OCH3 is 1. The Morgan fingerprint density at radius 1 is 1.12 bits per heavy atom. The largest absolute Gasteiger partial charge is 0.507 e. The van der Waals surface area contributed by atoms with Gasteiger partial charge in [-0.05, 0) is 49.8 Å². The van der Waals surface area contributed by atoms with Gasteiger partial charge in [0.25, 0.3) is 0 Å². The molecular weight excluding hydrogens is 437 g/mol. The van der Waals surface area contributed by atoms with Crippen molar-refractivity contribution in [3.05, 3.63) is 36.7 Å². The summed E-state index contributed by atoms with van der Waals surface area (Å²) < 4.78 is 41.8. The van der Waals surface area contributed by atoms with Crippen molar-refractivity contribution in [2.75, 3.05) is 11.9 Å². The summed E-state index contributed by atoms with van der Waals surface area (Å²) in [7, 11) is -2.65. The molecular formula is C24H26FN7O2. The number of hydrogen-bond acceptors (Lipinski definition) is 9. The molecule has 0 spiro atoms. The summed E-state index contributed by atoms with van der Waals surface area (Å²) in [4.78, 5) is 6.52. The Hall–Kier alpha value is -3.40. The second-order valence-corrected chi connectivity index (χ2v) is 9.19. The molecule has 34 heavy (non-hydrogen) atoms. The van der Waals surface area contributed by atoms with Crippen LogP contribution in [0.4, 0.5) is 10.2 Å². The van der Waals surface area contributed by atoms with Gasteiger partial charge in [-0.25, -0.2) is 9.37 Å². The summed E-state index contributed by atoms with van der Waals surface area (Å²) in [6.45, 7) is 0. The van der Waals surface area contributed by atoms with Crippen LogP contribution in [0.5, 0.6) is 11.6 Å². The van der Waals surface area contributed by atoms with Crippen LogP contribution in [-0.2, 0) is 0 Å². The number of halogens is 1. The van der Waals surface area contributed by atoms with Gasteiger partial charge in [0.05, 0.1) is 35.1 Å². The first-order valence-corrected chi connectivity index (χ1v) is 11.5. The molecule has 1 aromatic carbocycles. The van der Waals surface area contributed by atoms with Gasteiger partial charge in [-0.3, -0.25) is 0 Å². The molecule has 0 amide bonds.